The summed E-state index contributed by atoms with van der Waals surface area (Å²) in [4.78, 5) is 5.42. The first-order valence-corrected chi connectivity index (χ1v) is 5.46. The van der Waals surface area contributed by atoms with Crippen LogP contribution in [-0.4, -0.2) is 5.60 Å². The van der Waals surface area contributed by atoms with E-state index in [0.717, 1.165) is 12.8 Å². The molecule has 0 atom stereocenters. The maximum absolute atomic E-state index is 13.2. The highest BCUT2D eigenvalue weighted by atomic mass is 35.5. The van der Waals surface area contributed by atoms with Crippen molar-refractivity contribution in [1.29, 1.82) is 0 Å². The van der Waals surface area contributed by atoms with E-state index in [1.807, 2.05) is 6.92 Å². The van der Waals surface area contributed by atoms with Crippen molar-refractivity contribution >= 4 is 17.3 Å². The summed E-state index contributed by atoms with van der Waals surface area (Å²) < 4.78 is 13.2. The van der Waals surface area contributed by atoms with E-state index in [0.29, 0.717) is 11.3 Å². The maximum Gasteiger partial charge on any atom is 0.142 e. The van der Waals surface area contributed by atoms with Crippen molar-refractivity contribution < 1.29 is 9.23 Å². The zero-order chi connectivity index (χ0) is 11.8. The first kappa shape index (κ1) is 11.4. The minimum Gasteiger partial charge on any atom is -0.270 e. The van der Waals surface area contributed by atoms with Crippen LogP contribution in [0.1, 0.15) is 25.3 Å². The standard InChI is InChI=1S/C12H13ClFNO/c1-8(15-16-12(2)5-6-12)9-3-4-10(13)11(14)7-9/h3-4,7,15H,1,5-6H2,2H3. The third-order valence-electron chi connectivity index (χ3n) is 2.64. The molecule has 2 rings (SSSR count). The molecule has 16 heavy (non-hydrogen) atoms. The molecule has 0 spiro atoms. The first-order chi connectivity index (χ1) is 7.50. The molecule has 86 valence electrons. The van der Waals surface area contributed by atoms with Crippen molar-refractivity contribution in [1.82, 2.24) is 5.48 Å². The van der Waals surface area contributed by atoms with Crippen molar-refractivity contribution in [2.75, 3.05) is 0 Å². The summed E-state index contributed by atoms with van der Waals surface area (Å²) in [5, 5.41) is 0.103. The Bertz CT molecular complexity index is 429. The predicted molar refractivity (Wildman–Crippen MR) is 62.3 cm³/mol. The molecule has 0 heterocycles. The zero-order valence-corrected chi connectivity index (χ0v) is 9.77. The molecule has 0 bridgehead atoms. The van der Waals surface area contributed by atoms with Crippen molar-refractivity contribution in [3.8, 4) is 0 Å². The van der Waals surface area contributed by atoms with Crippen LogP contribution < -0.4 is 5.48 Å². The van der Waals surface area contributed by atoms with Crippen molar-refractivity contribution in [3.05, 3.63) is 41.2 Å². The Morgan fingerprint density at radius 2 is 2.25 bits per heavy atom. The quantitative estimate of drug-likeness (QED) is 0.815. The summed E-state index contributed by atoms with van der Waals surface area (Å²) in [7, 11) is 0. The van der Waals surface area contributed by atoms with Gasteiger partial charge in [0.15, 0.2) is 0 Å². The van der Waals surface area contributed by atoms with Gasteiger partial charge >= 0.3 is 0 Å². The van der Waals surface area contributed by atoms with Crippen LogP contribution in [0.5, 0.6) is 0 Å². The Hall–Kier alpha value is -1.06. The molecule has 1 aromatic rings. The van der Waals surface area contributed by atoms with Gasteiger partial charge in [0.2, 0.25) is 0 Å². The fourth-order valence-corrected chi connectivity index (χ4v) is 1.32. The molecule has 1 saturated carbocycles. The monoisotopic (exact) mass is 241 g/mol. The van der Waals surface area contributed by atoms with Crippen LogP contribution in [0.2, 0.25) is 5.02 Å². The lowest BCUT2D eigenvalue weighted by atomic mass is 10.2. The second-order valence-corrected chi connectivity index (χ2v) is 4.67. The van der Waals surface area contributed by atoms with Crippen LogP contribution in [0.3, 0.4) is 0 Å². The van der Waals surface area contributed by atoms with Crippen LogP contribution in [0.25, 0.3) is 5.70 Å². The lowest BCUT2D eigenvalue weighted by Crippen LogP contribution is -2.21. The van der Waals surface area contributed by atoms with Gasteiger partial charge < -0.3 is 0 Å². The molecule has 4 heteroatoms. The summed E-state index contributed by atoms with van der Waals surface area (Å²) >= 11 is 5.59. The fraction of sp³-hybridized carbons (Fsp3) is 0.333. The molecular formula is C12H13ClFNO. The molecule has 0 saturated heterocycles. The molecule has 0 radical (unpaired) electrons. The van der Waals surface area contributed by atoms with Gasteiger partial charge in [-0.3, -0.25) is 10.3 Å². The second kappa shape index (κ2) is 4.07. The highest BCUT2D eigenvalue weighted by molar-refractivity contribution is 6.30. The SMILES string of the molecule is C=C(NOC1(C)CC1)c1ccc(Cl)c(F)c1. The second-order valence-electron chi connectivity index (χ2n) is 4.26. The summed E-state index contributed by atoms with van der Waals surface area (Å²) in [6, 6.07) is 4.52. The zero-order valence-electron chi connectivity index (χ0n) is 9.02. The fourth-order valence-electron chi connectivity index (χ4n) is 1.21. The van der Waals surface area contributed by atoms with Crippen LogP contribution in [0.15, 0.2) is 24.8 Å². The van der Waals surface area contributed by atoms with E-state index >= 15 is 0 Å². The number of benzene rings is 1. The van der Waals surface area contributed by atoms with Gasteiger partial charge in [0.25, 0.3) is 0 Å². The minimum absolute atomic E-state index is 0.0894. The van der Waals surface area contributed by atoms with Gasteiger partial charge in [-0.05, 0) is 31.9 Å². The Kier molecular flexibility index (Phi) is 2.91. The largest absolute Gasteiger partial charge is 0.270 e. The lowest BCUT2D eigenvalue weighted by Gasteiger charge is -2.14. The summed E-state index contributed by atoms with van der Waals surface area (Å²) in [6.07, 6.45) is 2.06. The van der Waals surface area contributed by atoms with E-state index in [-0.39, 0.29) is 10.6 Å². The van der Waals surface area contributed by atoms with E-state index in [1.165, 1.54) is 12.1 Å². The van der Waals surface area contributed by atoms with E-state index in [2.05, 4.69) is 12.1 Å². The minimum atomic E-state index is -0.459. The molecule has 0 aromatic heterocycles. The Morgan fingerprint density at radius 3 is 2.81 bits per heavy atom. The first-order valence-electron chi connectivity index (χ1n) is 5.08. The smallest absolute Gasteiger partial charge is 0.142 e. The van der Waals surface area contributed by atoms with Gasteiger partial charge in [-0.2, -0.15) is 0 Å². The van der Waals surface area contributed by atoms with E-state index < -0.39 is 5.82 Å². The van der Waals surface area contributed by atoms with Gasteiger partial charge in [-0.25, -0.2) is 4.39 Å². The summed E-state index contributed by atoms with van der Waals surface area (Å²) in [6.45, 7) is 5.79. The number of hydrogen-bond donors (Lipinski definition) is 1. The predicted octanol–water partition coefficient (Wildman–Crippen LogP) is 3.52. The van der Waals surface area contributed by atoms with Gasteiger partial charge in [-0.1, -0.05) is 24.2 Å². The molecule has 1 aliphatic rings. The average Bonchev–Trinajstić information content (AvgIpc) is 2.98. The molecular weight excluding hydrogens is 229 g/mol. The van der Waals surface area contributed by atoms with Crippen LogP contribution >= 0.6 is 11.6 Å². The lowest BCUT2D eigenvalue weighted by molar-refractivity contribution is -0.00257. The van der Waals surface area contributed by atoms with Gasteiger partial charge in [-0.15, -0.1) is 0 Å². The number of nitrogens with one attached hydrogen (secondary N) is 1. The Morgan fingerprint density at radius 1 is 1.56 bits per heavy atom. The third-order valence-corrected chi connectivity index (χ3v) is 2.95. The van der Waals surface area contributed by atoms with Crippen molar-refractivity contribution in [2.45, 2.75) is 25.4 Å². The molecule has 0 unspecified atom stereocenters. The number of halogens is 2. The number of hydrogen-bond acceptors (Lipinski definition) is 2. The van der Waals surface area contributed by atoms with E-state index in [9.17, 15) is 4.39 Å². The van der Waals surface area contributed by atoms with Crippen LogP contribution in [0, 0.1) is 5.82 Å². The topological polar surface area (TPSA) is 21.3 Å². The van der Waals surface area contributed by atoms with E-state index in [1.54, 1.807) is 6.07 Å². The number of hydroxylamine groups is 1. The molecule has 0 amide bonds. The maximum atomic E-state index is 13.2. The van der Waals surface area contributed by atoms with Crippen LogP contribution in [0.4, 0.5) is 4.39 Å². The third kappa shape index (κ3) is 2.54. The molecule has 1 N–H and O–H groups in total. The highest BCUT2D eigenvalue weighted by Crippen LogP contribution is 2.38. The Labute approximate surface area is 99.0 Å². The normalized spacial score (nSPS) is 16.9. The molecule has 2 nitrogen and oxygen atoms in total. The molecule has 1 aliphatic carbocycles. The van der Waals surface area contributed by atoms with Gasteiger partial charge in [0.1, 0.15) is 5.82 Å². The van der Waals surface area contributed by atoms with Crippen molar-refractivity contribution in [2.24, 2.45) is 0 Å². The Balaban J connectivity index is 2.00. The highest BCUT2D eigenvalue weighted by Gasteiger charge is 2.39. The molecule has 1 aromatic carbocycles. The van der Waals surface area contributed by atoms with E-state index in [4.69, 9.17) is 16.4 Å². The summed E-state index contributed by atoms with van der Waals surface area (Å²) in [5.41, 5.74) is 3.82. The summed E-state index contributed by atoms with van der Waals surface area (Å²) in [5.74, 6) is -0.459. The average molecular weight is 242 g/mol. The van der Waals surface area contributed by atoms with Gasteiger partial charge in [0.05, 0.1) is 16.3 Å². The number of rotatable bonds is 4. The van der Waals surface area contributed by atoms with Crippen molar-refractivity contribution in [3.63, 3.8) is 0 Å². The van der Waals surface area contributed by atoms with Crippen LogP contribution in [-0.2, 0) is 4.84 Å². The van der Waals surface area contributed by atoms with Gasteiger partial charge in [0, 0.05) is 5.56 Å². The molecule has 0 aliphatic heterocycles. The molecule has 1 fully saturated rings.